The van der Waals surface area contributed by atoms with Gasteiger partial charge in [-0.3, -0.25) is 9.79 Å². The van der Waals surface area contributed by atoms with Gasteiger partial charge < -0.3 is 24.8 Å². The summed E-state index contributed by atoms with van der Waals surface area (Å²) >= 11 is 1.72. The van der Waals surface area contributed by atoms with Gasteiger partial charge >= 0.3 is 13.1 Å². The molecule has 2 aromatic carbocycles. The summed E-state index contributed by atoms with van der Waals surface area (Å²) in [6.45, 7) is 5.82. The summed E-state index contributed by atoms with van der Waals surface area (Å²) in [5.41, 5.74) is 4.58. The standard InChI is InChI=1S/C24H29BN2O5S/c1-15-3-6-22(32-13-18-4-5-19(25(30)31)12-16(18)2)20(11-15)21-14-33-24(26-21)27-9-7-17(8-10-27)23(28)29/h3-6,11-12,17,21,30-31H,7-10,13-14H2,1-2H3,(H,28,29). The Labute approximate surface area is 198 Å². The summed E-state index contributed by atoms with van der Waals surface area (Å²) in [5.74, 6) is 0.675. The van der Waals surface area contributed by atoms with Crippen LogP contribution in [-0.4, -0.2) is 57.2 Å². The third-order valence-corrected chi connectivity index (χ3v) is 7.43. The molecule has 1 unspecified atom stereocenters. The molecule has 2 aromatic rings. The van der Waals surface area contributed by atoms with Crippen molar-refractivity contribution in [3.05, 3.63) is 58.7 Å². The Morgan fingerprint density at radius 3 is 2.61 bits per heavy atom. The van der Waals surface area contributed by atoms with Crippen molar-refractivity contribution in [2.75, 3.05) is 18.8 Å². The number of nitrogens with zero attached hydrogens (tertiary/aromatic N) is 2. The number of hydrogen-bond acceptors (Lipinski definition) is 7. The van der Waals surface area contributed by atoms with Crippen molar-refractivity contribution >= 4 is 35.5 Å². The summed E-state index contributed by atoms with van der Waals surface area (Å²) in [4.78, 5) is 18.4. The van der Waals surface area contributed by atoms with E-state index in [4.69, 9.17) is 9.73 Å². The number of benzene rings is 2. The summed E-state index contributed by atoms with van der Waals surface area (Å²) in [5, 5.41) is 29.0. The number of carboxylic acids is 1. The molecule has 1 fully saturated rings. The second-order valence-electron chi connectivity index (χ2n) is 8.73. The van der Waals surface area contributed by atoms with Crippen molar-refractivity contribution in [3.63, 3.8) is 0 Å². The molecule has 1 atom stereocenters. The van der Waals surface area contributed by atoms with Crippen LogP contribution in [0.2, 0.25) is 0 Å². The fourth-order valence-corrected chi connectivity index (χ4v) is 5.40. The van der Waals surface area contributed by atoms with E-state index in [1.165, 1.54) is 0 Å². The van der Waals surface area contributed by atoms with Crippen molar-refractivity contribution in [1.29, 1.82) is 0 Å². The molecule has 9 heteroatoms. The molecule has 1 saturated heterocycles. The van der Waals surface area contributed by atoms with E-state index >= 15 is 0 Å². The molecule has 33 heavy (non-hydrogen) atoms. The summed E-state index contributed by atoms with van der Waals surface area (Å²) in [7, 11) is -1.48. The molecule has 0 aromatic heterocycles. The number of carboxylic acid groups (broad SMARTS) is 1. The Balaban J connectivity index is 1.47. The molecule has 174 valence electrons. The largest absolute Gasteiger partial charge is 0.489 e. The van der Waals surface area contributed by atoms with Crippen LogP contribution in [0.1, 0.15) is 41.1 Å². The number of aryl methyl sites for hydroxylation is 2. The molecular weight excluding hydrogens is 439 g/mol. The monoisotopic (exact) mass is 468 g/mol. The van der Waals surface area contributed by atoms with Gasteiger partial charge in [0, 0.05) is 24.4 Å². The van der Waals surface area contributed by atoms with Gasteiger partial charge in [-0.05, 0) is 49.3 Å². The zero-order valence-corrected chi connectivity index (χ0v) is 19.7. The smallest absolute Gasteiger partial charge is 0.488 e. The highest BCUT2D eigenvalue weighted by Crippen LogP contribution is 2.38. The Hall–Kier alpha value is -2.49. The SMILES string of the molecule is Cc1ccc(OCc2ccc(B(O)O)cc2C)c(C2CSC(N3CCC(C(=O)O)CC3)=N2)c1. The van der Waals surface area contributed by atoms with Crippen LogP contribution in [0, 0.1) is 19.8 Å². The molecule has 0 spiro atoms. The van der Waals surface area contributed by atoms with Gasteiger partial charge in [0.05, 0.1) is 12.0 Å². The Morgan fingerprint density at radius 1 is 1.18 bits per heavy atom. The average Bonchev–Trinajstić information content (AvgIpc) is 3.29. The quantitative estimate of drug-likeness (QED) is 0.560. The number of hydrogen-bond donors (Lipinski definition) is 3. The maximum atomic E-state index is 11.2. The van der Waals surface area contributed by atoms with E-state index in [1.54, 1.807) is 23.9 Å². The number of ether oxygens (including phenoxy) is 1. The molecule has 2 aliphatic rings. The molecule has 0 radical (unpaired) electrons. The molecular formula is C24H29BN2O5S. The van der Waals surface area contributed by atoms with Crippen molar-refractivity contribution in [1.82, 2.24) is 4.90 Å². The lowest BCUT2D eigenvalue weighted by atomic mass is 9.79. The van der Waals surface area contributed by atoms with E-state index < -0.39 is 13.1 Å². The van der Waals surface area contributed by atoms with Crippen molar-refractivity contribution in [3.8, 4) is 5.75 Å². The zero-order valence-electron chi connectivity index (χ0n) is 18.9. The van der Waals surface area contributed by atoms with Gasteiger partial charge in [0.1, 0.15) is 12.4 Å². The highest BCUT2D eigenvalue weighted by molar-refractivity contribution is 8.14. The first kappa shape index (κ1) is 23.7. The number of aliphatic carboxylic acids is 1. The van der Waals surface area contributed by atoms with Crippen molar-refractivity contribution < 1.29 is 24.7 Å². The molecule has 0 bridgehead atoms. The highest BCUT2D eigenvalue weighted by Gasteiger charge is 2.30. The van der Waals surface area contributed by atoms with Crippen LogP contribution in [0.4, 0.5) is 0 Å². The first-order chi connectivity index (χ1) is 15.8. The van der Waals surface area contributed by atoms with E-state index in [1.807, 2.05) is 25.1 Å². The first-order valence-corrected chi connectivity index (χ1v) is 12.2. The molecule has 0 saturated carbocycles. The number of rotatable bonds is 6. The predicted octanol–water partition coefficient (Wildman–Crippen LogP) is 2.50. The third-order valence-electron chi connectivity index (χ3n) is 6.32. The van der Waals surface area contributed by atoms with Crippen LogP contribution in [0.15, 0.2) is 41.4 Å². The third kappa shape index (κ3) is 5.54. The normalized spacial score (nSPS) is 18.8. The first-order valence-electron chi connectivity index (χ1n) is 11.2. The lowest BCUT2D eigenvalue weighted by Gasteiger charge is -2.31. The minimum absolute atomic E-state index is 0.00916. The van der Waals surface area contributed by atoms with Crippen LogP contribution in [0.5, 0.6) is 5.75 Å². The van der Waals surface area contributed by atoms with Crippen molar-refractivity contribution in [2.45, 2.75) is 39.3 Å². The predicted molar refractivity (Wildman–Crippen MR) is 131 cm³/mol. The van der Waals surface area contributed by atoms with Gasteiger partial charge in [-0.25, -0.2) is 0 Å². The zero-order chi connectivity index (χ0) is 23.5. The van der Waals surface area contributed by atoms with E-state index in [0.29, 0.717) is 24.9 Å². The van der Waals surface area contributed by atoms with Gasteiger partial charge in [0.2, 0.25) is 0 Å². The van der Waals surface area contributed by atoms with Gasteiger partial charge in [0.25, 0.3) is 0 Å². The van der Waals surface area contributed by atoms with E-state index in [-0.39, 0.29) is 12.0 Å². The minimum atomic E-state index is -1.48. The van der Waals surface area contributed by atoms with Crippen LogP contribution < -0.4 is 10.2 Å². The second kappa shape index (κ2) is 10.2. The molecule has 4 rings (SSSR count). The number of piperidine rings is 1. The Kier molecular flexibility index (Phi) is 7.31. The summed E-state index contributed by atoms with van der Waals surface area (Å²) < 4.78 is 6.21. The maximum Gasteiger partial charge on any atom is 0.488 e. The lowest BCUT2D eigenvalue weighted by Crippen LogP contribution is -2.38. The number of aliphatic imine (C=N–C) groups is 1. The Morgan fingerprint density at radius 2 is 1.94 bits per heavy atom. The van der Waals surface area contributed by atoms with Gasteiger partial charge in [0.15, 0.2) is 5.17 Å². The van der Waals surface area contributed by atoms with Gasteiger partial charge in [-0.15, -0.1) is 0 Å². The molecule has 0 amide bonds. The number of carbonyl (C=O) groups is 1. The fraction of sp³-hybridized carbons (Fsp3) is 0.417. The maximum absolute atomic E-state index is 11.2. The topological polar surface area (TPSA) is 103 Å². The number of likely N-dealkylation sites (tertiary alicyclic amines) is 1. The molecule has 0 aliphatic carbocycles. The van der Waals surface area contributed by atoms with Crippen LogP contribution >= 0.6 is 11.8 Å². The molecule has 2 heterocycles. The molecule has 7 nitrogen and oxygen atoms in total. The lowest BCUT2D eigenvalue weighted by molar-refractivity contribution is -0.143. The Bertz CT molecular complexity index is 1050. The summed E-state index contributed by atoms with van der Waals surface area (Å²) in [6, 6.07) is 11.5. The molecule has 2 aliphatic heterocycles. The van der Waals surface area contributed by atoms with E-state index in [9.17, 15) is 19.9 Å². The average molecular weight is 468 g/mol. The number of amidine groups is 1. The van der Waals surface area contributed by atoms with Gasteiger partial charge in [-0.1, -0.05) is 47.7 Å². The fourth-order valence-electron chi connectivity index (χ4n) is 4.27. The second-order valence-corrected chi connectivity index (χ2v) is 9.71. The minimum Gasteiger partial charge on any atom is -0.489 e. The van der Waals surface area contributed by atoms with E-state index in [0.717, 1.165) is 52.0 Å². The van der Waals surface area contributed by atoms with Gasteiger partial charge in [-0.2, -0.15) is 0 Å². The van der Waals surface area contributed by atoms with Crippen LogP contribution in [0.3, 0.4) is 0 Å². The van der Waals surface area contributed by atoms with Crippen molar-refractivity contribution in [2.24, 2.45) is 10.9 Å². The number of thioether (sulfide) groups is 1. The summed E-state index contributed by atoms with van der Waals surface area (Å²) in [6.07, 6.45) is 1.31. The van der Waals surface area contributed by atoms with Crippen LogP contribution in [-0.2, 0) is 11.4 Å². The highest BCUT2D eigenvalue weighted by atomic mass is 32.2. The van der Waals surface area contributed by atoms with E-state index in [2.05, 4.69) is 17.9 Å². The molecule has 3 N–H and O–H groups in total. The van der Waals surface area contributed by atoms with Crippen LogP contribution in [0.25, 0.3) is 0 Å².